The maximum atomic E-state index is 13.6. The first kappa shape index (κ1) is 14.3. The van der Waals surface area contributed by atoms with Crippen molar-refractivity contribution in [3.63, 3.8) is 0 Å². The molecule has 6 heteroatoms. The number of aryl methyl sites for hydroxylation is 1. The Bertz CT molecular complexity index is 822. The molecule has 114 valence electrons. The molecule has 0 saturated heterocycles. The number of fused-ring (bicyclic) bond motifs is 1. The van der Waals surface area contributed by atoms with Gasteiger partial charge in [0.05, 0.1) is 18.8 Å². The summed E-state index contributed by atoms with van der Waals surface area (Å²) in [6, 6.07) is 6.15. The lowest BCUT2D eigenvalue weighted by Crippen LogP contribution is -2.28. The van der Waals surface area contributed by atoms with Crippen LogP contribution in [0.15, 0.2) is 41.2 Å². The van der Waals surface area contributed by atoms with Gasteiger partial charge in [-0.05, 0) is 19.1 Å². The first-order valence-corrected chi connectivity index (χ1v) is 6.97. The molecule has 5 nitrogen and oxygen atoms in total. The smallest absolute Gasteiger partial charge is 0.226 e. The highest BCUT2D eigenvalue weighted by atomic mass is 19.1. The van der Waals surface area contributed by atoms with Crippen molar-refractivity contribution < 1.29 is 13.6 Å². The van der Waals surface area contributed by atoms with E-state index in [0.717, 1.165) is 5.69 Å². The third-order valence-corrected chi connectivity index (χ3v) is 3.58. The monoisotopic (exact) mass is 301 g/mol. The Hall–Kier alpha value is -2.63. The molecule has 1 aromatic carbocycles. The van der Waals surface area contributed by atoms with Gasteiger partial charge < -0.3 is 14.3 Å². The number of aromatic nitrogens is 2. The third-order valence-electron chi connectivity index (χ3n) is 3.58. The molecule has 0 aliphatic rings. The SMILES string of the molecule is CC(NC(=O)Cc1cncn1C)c1cc2cccc(F)c2o1. The van der Waals surface area contributed by atoms with Gasteiger partial charge in [-0.15, -0.1) is 0 Å². The number of nitrogens with zero attached hydrogens (tertiary/aromatic N) is 2. The van der Waals surface area contributed by atoms with Crippen LogP contribution in [0.4, 0.5) is 4.39 Å². The number of hydrogen-bond acceptors (Lipinski definition) is 3. The number of amides is 1. The molecular weight excluding hydrogens is 285 g/mol. The number of furan rings is 1. The highest BCUT2D eigenvalue weighted by Crippen LogP contribution is 2.25. The summed E-state index contributed by atoms with van der Waals surface area (Å²) in [5.41, 5.74) is 1.03. The van der Waals surface area contributed by atoms with Crippen LogP contribution in [0.1, 0.15) is 24.4 Å². The predicted octanol–water partition coefficient (Wildman–Crippen LogP) is 2.73. The van der Waals surface area contributed by atoms with Crippen molar-refractivity contribution in [2.24, 2.45) is 7.05 Å². The summed E-state index contributed by atoms with van der Waals surface area (Å²) in [6.45, 7) is 1.80. The largest absolute Gasteiger partial charge is 0.456 e. The molecule has 1 unspecified atom stereocenters. The second-order valence-corrected chi connectivity index (χ2v) is 5.27. The van der Waals surface area contributed by atoms with Crippen molar-refractivity contribution >= 4 is 16.9 Å². The summed E-state index contributed by atoms with van der Waals surface area (Å²) in [5.74, 6) is -0.0207. The van der Waals surface area contributed by atoms with Crippen molar-refractivity contribution in [3.8, 4) is 0 Å². The number of imidazole rings is 1. The van der Waals surface area contributed by atoms with Gasteiger partial charge in [0.15, 0.2) is 11.4 Å². The maximum absolute atomic E-state index is 13.6. The van der Waals surface area contributed by atoms with E-state index < -0.39 is 5.82 Å². The Labute approximate surface area is 126 Å². The molecular formula is C16H16FN3O2. The van der Waals surface area contributed by atoms with E-state index in [1.54, 1.807) is 42.2 Å². The fraction of sp³-hybridized carbons (Fsp3) is 0.250. The van der Waals surface area contributed by atoms with Crippen LogP contribution in [0.3, 0.4) is 0 Å². The molecule has 0 spiro atoms. The Morgan fingerprint density at radius 1 is 1.50 bits per heavy atom. The average Bonchev–Trinajstić information content (AvgIpc) is 3.07. The summed E-state index contributed by atoms with van der Waals surface area (Å²) in [4.78, 5) is 16.0. The van der Waals surface area contributed by atoms with Crippen molar-refractivity contribution in [2.45, 2.75) is 19.4 Å². The molecule has 1 N–H and O–H groups in total. The van der Waals surface area contributed by atoms with E-state index in [0.29, 0.717) is 11.1 Å². The molecule has 1 amide bonds. The van der Waals surface area contributed by atoms with Gasteiger partial charge in [-0.25, -0.2) is 9.37 Å². The quantitative estimate of drug-likeness (QED) is 0.806. The van der Waals surface area contributed by atoms with Crippen LogP contribution in [0, 0.1) is 5.82 Å². The molecule has 0 radical (unpaired) electrons. The van der Waals surface area contributed by atoms with Gasteiger partial charge in [0.1, 0.15) is 5.76 Å². The van der Waals surface area contributed by atoms with Gasteiger partial charge in [0.25, 0.3) is 0 Å². The molecule has 22 heavy (non-hydrogen) atoms. The first-order valence-electron chi connectivity index (χ1n) is 6.97. The van der Waals surface area contributed by atoms with Crippen LogP contribution in [0.5, 0.6) is 0 Å². The predicted molar refractivity (Wildman–Crippen MR) is 79.6 cm³/mol. The third kappa shape index (κ3) is 2.72. The Kier molecular flexibility index (Phi) is 3.66. The highest BCUT2D eigenvalue weighted by molar-refractivity contribution is 5.80. The molecule has 0 bridgehead atoms. The van der Waals surface area contributed by atoms with E-state index in [1.807, 2.05) is 7.05 Å². The Morgan fingerprint density at radius 2 is 2.32 bits per heavy atom. The number of rotatable bonds is 4. The second-order valence-electron chi connectivity index (χ2n) is 5.27. The lowest BCUT2D eigenvalue weighted by molar-refractivity contribution is -0.121. The van der Waals surface area contributed by atoms with Gasteiger partial charge >= 0.3 is 0 Å². The van der Waals surface area contributed by atoms with Gasteiger partial charge in [0.2, 0.25) is 5.91 Å². The summed E-state index contributed by atoms with van der Waals surface area (Å²) in [6.07, 6.45) is 3.53. The zero-order chi connectivity index (χ0) is 15.7. The molecule has 1 atom stereocenters. The summed E-state index contributed by atoms with van der Waals surface area (Å²) in [7, 11) is 1.83. The number of para-hydroxylation sites is 1. The van der Waals surface area contributed by atoms with E-state index in [2.05, 4.69) is 10.3 Å². The molecule has 2 heterocycles. The maximum Gasteiger partial charge on any atom is 0.226 e. The molecule has 3 rings (SSSR count). The average molecular weight is 301 g/mol. The van der Waals surface area contributed by atoms with Crippen LogP contribution in [-0.4, -0.2) is 15.5 Å². The first-order chi connectivity index (χ1) is 10.5. The van der Waals surface area contributed by atoms with Gasteiger partial charge in [-0.1, -0.05) is 12.1 Å². The summed E-state index contributed by atoms with van der Waals surface area (Å²) < 4.78 is 20.9. The lowest BCUT2D eigenvalue weighted by Gasteiger charge is -2.11. The number of carbonyl (C=O) groups excluding carboxylic acids is 1. The Morgan fingerprint density at radius 3 is 3.00 bits per heavy atom. The zero-order valence-electron chi connectivity index (χ0n) is 12.3. The molecule has 0 aliphatic heterocycles. The van der Waals surface area contributed by atoms with Gasteiger partial charge in [0, 0.05) is 24.3 Å². The number of nitrogens with one attached hydrogen (secondary N) is 1. The fourth-order valence-electron chi connectivity index (χ4n) is 2.34. The summed E-state index contributed by atoms with van der Waals surface area (Å²) >= 11 is 0. The van der Waals surface area contributed by atoms with Crippen LogP contribution >= 0.6 is 0 Å². The molecule has 0 aliphatic carbocycles. The number of hydrogen-bond donors (Lipinski definition) is 1. The van der Waals surface area contributed by atoms with E-state index in [4.69, 9.17) is 4.42 Å². The minimum Gasteiger partial charge on any atom is -0.456 e. The van der Waals surface area contributed by atoms with Crippen LogP contribution in [0.2, 0.25) is 0 Å². The van der Waals surface area contributed by atoms with Crippen LogP contribution in [-0.2, 0) is 18.3 Å². The molecule has 0 fully saturated rings. The molecule has 2 aromatic heterocycles. The van der Waals surface area contributed by atoms with Crippen molar-refractivity contribution in [3.05, 3.63) is 54.1 Å². The second kappa shape index (κ2) is 5.63. The number of halogens is 1. The van der Waals surface area contributed by atoms with Gasteiger partial charge in [-0.3, -0.25) is 4.79 Å². The van der Waals surface area contributed by atoms with Crippen molar-refractivity contribution in [1.29, 1.82) is 0 Å². The van der Waals surface area contributed by atoms with Crippen molar-refractivity contribution in [1.82, 2.24) is 14.9 Å². The fourth-order valence-corrected chi connectivity index (χ4v) is 2.34. The Balaban J connectivity index is 1.73. The number of benzene rings is 1. The minimum atomic E-state index is -0.405. The standard InChI is InChI=1S/C16H16FN3O2/c1-10(19-15(21)7-12-8-18-9-20(12)2)14-6-11-4-3-5-13(17)16(11)22-14/h3-6,8-10H,7H2,1-2H3,(H,19,21). The van der Waals surface area contributed by atoms with Gasteiger partial charge in [-0.2, -0.15) is 0 Å². The van der Waals surface area contributed by atoms with E-state index in [1.165, 1.54) is 6.07 Å². The zero-order valence-corrected chi connectivity index (χ0v) is 12.3. The molecule has 0 saturated carbocycles. The number of carbonyl (C=O) groups is 1. The highest BCUT2D eigenvalue weighted by Gasteiger charge is 2.16. The summed E-state index contributed by atoms with van der Waals surface area (Å²) in [5, 5.41) is 3.53. The lowest BCUT2D eigenvalue weighted by atomic mass is 10.2. The van der Waals surface area contributed by atoms with Crippen LogP contribution in [0.25, 0.3) is 11.0 Å². The van der Waals surface area contributed by atoms with E-state index in [-0.39, 0.29) is 24.0 Å². The normalized spacial score (nSPS) is 12.5. The van der Waals surface area contributed by atoms with E-state index in [9.17, 15) is 9.18 Å². The van der Waals surface area contributed by atoms with Crippen molar-refractivity contribution in [2.75, 3.05) is 0 Å². The van der Waals surface area contributed by atoms with E-state index >= 15 is 0 Å². The van der Waals surface area contributed by atoms with Crippen LogP contribution < -0.4 is 5.32 Å². The topological polar surface area (TPSA) is 60.1 Å². The minimum absolute atomic E-state index is 0.142. The molecule has 3 aromatic rings.